The van der Waals surface area contributed by atoms with Crippen molar-refractivity contribution in [3.8, 4) is 0 Å². The van der Waals surface area contributed by atoms with E-state index in [2.05, 4.69) is 16.0 Å². The molecule has 0 aromatic carbocycles. The molecule has 2 aliphatic rings. The number of carbonyl (C=O) groups is 5. The zero-order valence-electron chi connectivity index (χ0n) is 17.7. The van der Waals surface area contributed by atoms with Gasteiger partial charge in [-0.25, -0.2) is 4.79 Å². The van der Waals surface area contributed by atoms with Crippen LogP contribution in [0.25, 0.3) is 0 Å². The molecule has 2 fully saturated rings. The summed E-state index contributed by atoms with van der Waals surface area (Å²) >= 11 is 1.24. The van der Waals surface area contributed by atoms with Gasteiger partial charge in [0.25, 0.3) is 5.91 Å². The van der Waals surface area contributed by atoms with Crippen LogP contribution in [0.1, 0.15) is 25.6 Å². The number of nitrogens with zero attached hydrogens (tertiary/aromatic N) is 2. The number of rotatable bonds is 5. The van der Waals surface area contributed by atoms with Gasteiger partial charge in [-0.3, -0.25) is 24.1 Å². The Bertz CT molecular complexity index is 934. The van der Waals surface area contributed by atoms with Crippen molar-refractivity contribution in [2.24, 2.45) is 0 Å². The van der Waals surface area contributed by atoms with Gasteiger partial charge in [0.2, 0.25) is 11.6 Å². The summed E-state index contributed by atoms with van der Waals surface area (Å²) in [4.78, 5) is 64.4. The Balaban J connectivity index is 1.63. The van der Waals surface area contributed by atoms with Gasteiger partial charge in [0.05, 0.1) is 18.7 Å². The van der Waals surface area contributed by atoms with E-state index in [0.29, 0.717) is 10.6 Å². The molecular weight excluding hydrogens is 426 g/mol. The highest BCUT2D eigenvalue weighted by atomic mass is 32.1. The van der Waals surface area contributed by atoms with Crippen LogP contribution in [0.2, 0.25) is 0 Å². The number of piperazine rings is 1. The quantitative estimate of drug-likeness (QED) is 0.324. The van der Waals surface area contributed by atoms with E-state index in [1.165, 1.54) is 23.3 Å². The van der Waals surface area contributed by atoms with Crippen LogP contribution in [0.5, 0.6) is 0 Å². The van der Waals surface area contributed by atoms with Gasteiger partial charge in [0, 0.05) is 30.6 Å². The van der Waals surface area contributed by atoms with Crippen molar-refractivity contribution in [1.82, 2.24) is 20.4 Å². The summed E-state index contributed by atoms with van der Waals surface area (Å²) in [6.07, 6.45) is -0.101. The van der Waals surface area contributed by atoms with Crippen LogP contribution in [0, 0.1) is 0 Å². The van der Waals surface area contributed by atoms with Crippen molar-refractivity contribution in [2.75, 3.05) is 32.1 Å². The molecule has 1 unspecified atom stereocenters. The largest absolute Gasteiger partial charge is 0.349 e. The fourth-order valence-corrected chi connectivity index (χ4v) is 4.12. The number of anilines is 1. The van der Waals surface area contributed by atoms with Gasteiger partial charge < -0.3 is 25.6 Å². The molecule has 12 heteroatoms. The number of urea groups is 1. The van der Waals surface area contributed by atoms with Gasteiger partial charge in [0.15, 0.2) is 0 Å². The number of thiophene rings is 1. The van der Waals surface area contributed by atoms with Crippen molar-refractivity contribution in [2.45, 2.75) is 38.5 Å². The van der Waals surface area contributed by atoms with Gasteiger partial charge in [-0.05, 0) is 32.2 Å². The smallest absolute Gasteiger partial charge is 0.329 e. The van der Waals surface area contributed by atoms with E-state index in [1.807, 2.05) is 20.8 Å². The third kappa shape index (κ3) is 4.39. The molecule has 0 spiro atoms. The highest BCUT2D eigenvalue weighted by molar-refractivity contribution is 7.10. The van der Waals surface area contributed by atoms with Gasteiger partial charge >= 0.3 is 17.8 Å². The fraction of sp³-hybridized carbons (Fsp3) is 0.526. The van der Waals surface area contributed by atoms with Crippen LogP contribution in [0.4, 0.5) is 10.5 Å². The van der Waals surface area contributed by atoms with E-state index in [4.69, 9.17) is 4.74 Å². The summed E-state index contributed by atoms with van der Waals surface area (Å²) in [6.45, 7) is 5.92. The van der Waals surface area contributed by atoms with Gasteiger partial charge in [-0.1, -0.05) is 0 Å². The highest BCUT2D eigenvalue weighted by Gasteiger charge is 2.48. The van der Waals surface area contributed by atoms with Crippen LogP contribution in [-0.2, 0) is 30.3 Å². The molecule has 3 rings (SSSR count). The minimum Gasteiger partial charge on any atom is -0.349 e. The number of β-lactam (4-membered cyclic amide) rings is 1. The van der Waals surface area contributed by atoms with Gasteiger partial charge in [-0.15, -0.1) is 11.3 Å². The van der Waals surface area contributed by atoms with Gasteiger partial charge in [0.1, 0.15) is 0 Å². The molecule has 168 valence electrons. The number of methoxy groups -OCH3 is 1. The Labute approximate surface area is 183 Å². The number of hydrogen-bond donors (Lipinski definition) is 3. The third-order valence-corrected chi connectivity index (χ3v) is 6.06. The second-order valence-corrected chi connectivity index (χ2v) is 9.21. The number of carbonyl (C=O) groups excluding carboxylic acids is 5. The molecule has 0 radical (unpaired) electrons. The molecule has 1 atom stereocenters. The summed E-state index contributed by atoms with van der Waals surface area (Å²) in [7, 11) is 1.33. The summed E-state index contributed by atoms with van der Waals surface area (Å²) in [5, 5.41) is 9.34. The number of amides is 6. The number of ether oxygens (including phenoxy) is 1. The lowest BCUT2D eigenvalue weighted by molar-refractivity contribution is -0.166. The van der Waals surface area contributed by atoms with E-state index in [9.17, 15) is 24.0 Å². The monoisotopic (exact) mass is 451 g/mol. The maximum absolute atomic E-state index is 12.6. The second-order valence-electron chi connectivity index (χ2n) is 8.21. The van der Waals surface area contributed by atoms with Gasteiger partial charge in [-0.2, -0.15) is 0 Å². The molecule has 6 amide bonds. The van der Waals surface area contributed by atoms with Crippen LogP contribution >= 0.6 is 11.3 Å². The highest BCUT2D eigenvalue weighted by Crippen LogP contribution is 2.25. The molecule has 0 saturated carbocycles. The van der Waals surface area contributed by atoms with Crippen LogP contribution in [-0.4, -0.2) is 77.5 Å². The Morgan fingerprint density at radius 2 is 1.94 bits per heavy atom. The Morgan fingerprint density at radius 3 is 2.48 bits per heavy atom. The first-order valence-electron chi connectivity index (χ1n) is 9.64. The third-order valence-electron chi connectivity index (χ3n) is 5.14. The van der Waals surface area contributed by atoms with E-state index >= 15 is 0 Å². The zero-order valence-corrected chi connectivity index (χ0v) is 18.6. The van der Waals surface area contributed by atoms with E-state index < -0.39 is 40.9 Å². The molecule has 3 heterocycles. The minimum atomic E-state index is -1.38. The zero-order chi connectivity index (χ0) is 23.0. The maximum Gasteiger partial charge on any atom is 0.329 e. The van der Waals surface area contributed by atoms with Crippen molar-refractivity contribution >= 4 is 46.7 Å². The van der Waals surface area contributed by atoms with E-state index in [-0.39, 0.29) is 26.1 Å². The average molecular weight is 452 g/mol. The predicted octanol–water partition coefficient (Wildman–Crippen LogP) is -0.119. The Hall–Kier alpha value is -2.99. The fourth-order valence-electron chi connectivity index (χ4n) is 3.29. The number of hydrogen-bond acceptors (Lipinski definition) is 7. The van der Waals surface area contributed by atoms with E-state index in [0.717, 1.165) is 4.90 Å². The summed E-state index contributed by atoms with van der Waals surface area (Å²) < 4.78 is 5.11. The number of nitrogens with one attached hydrogen (secondary N) is 3. The molecule has 3 N–H and O–H groups in total. The van der Waals surface area contributed by atoms with E-state index in [1.54, 1.807) is 11.4 Å². The molecule has 2 saturated heterocycles. The lowest BCUT2D eigenvalue weighted by atomic mass is 10.0. The van der Waals surface area contributed by atoms with Crippen LogP contribution in [0.15, 0.2) is 11.4 Å². The Morgan fingerprint density at radius 1 is 1.23 bits per heavy atom. The predicted molar refractivity (Wildman–Crippen MR) is 111 cm³/mol. The summed E-state index contributed by atoms with van der Waals surface area (Å²) in [5.74, 6) is -2.52. The standard InChI is InChI=1S/C19H25N5O6S/c1-18(2,3)24-7-6-23(14(26)15(24)27)17(29)21-11-5-8-31-12(11)9-13(25)22-19(30-4)10-20-16(19)28/h5,8H,6-7,9-10H2,1-4H3,(H,20,28)(H,21,29)(H,22,25). The second kappa shape index (κ2) is 8.27. The molecular formula is C19H25N5O6S. The average Bonchev–Trinajstić information content (AvgIpc) is 3.12. The van der Waals surface area contributed by atoms with Crippen molar-refractivity contribution < 1.29 is 28.7 Å². The lowest BCUT2D eigenvalue weighted by Gasteiger charge is -2.40. The first kappa shape index (κ1) is 22.7. The van der Waals surface area contributed by atoms with Crippen molar-refractivity contribution in [1.29, 1.82) is 0 Å². The number of imide groups is 1. The topological polar surface area (TPSA) is 137 Å². The molecule has 0 bridgehead atoms. The van der Waals surface area contributed by atoms with Crippen molar-refractivity contribution in [3.63, 3.8) is 0 Å². The molecule has 31 heavy (non-hydrogen) atoms. The molecule has 1 aromatic heterocycles. The summed E-state index contributed by atoms with van der Waals surface area (Å²) in [5.41, 5.74) is -1.55. The molecule has 11 nitrogen and oxygen atoms in total. The SMILES string of the molecule is COC1(NC(=O)Cc2sccc2NC(=O)N2CCN(C(C)(C)C)C(=O)C2=O)CNC1=O. The van der Waals surface area contributed by atoms with Crippen LogP contribution < -0.4 is 16.0 Å². The lowest BCUT2D eigenvalue weighted by Crippen LogP contribution is -2.74. The van der Waals surface area contributed by atoms with Crippen molar-refractivity contribution in [3.05, 3.63) is 16.3 Å². The maximum atomic E-state index is 12.6. The molecule has 1 aromatic rings. The normalized spacial score (nSPS) is 21.5. The Kier molecular flexibility index (Phi) is 6.05. The van der Waals surface area contributed by atoms with Crippen LogP contribution in [0.3, 0.4) is 0 Å². The summed E-state index contributed by atoms with van der Waals surface area (Å²) in [6, 6.07) is 0.865. The molecule has 2 aliphatic heterocycles. The minimum absolute atomic E-state index is 0.0686. The first-order valence-corrected chi connectivity index (χ1v) is 10.5. The molecule has 0 aliphatic carbocycles. The first-order chi connectivity index (χ1) is 14.5.